The molecule has 1 aliphatic rings. The van der Waals surface area contributed by atoms with Crippen molar-refractivity contribution in [1.82, 2.24) is 0 Å². The Labute approximate surface area is 92.2 Å². The van der Waals surface area contributed by atoms with E-state index >= 15 is 0 Å². The van der Waals surface area contributed by atoms with Crippen molar-refractivity contribution in [3.63, 3.8) is 0 Å². The quantitative estimate of drug-likeness (QED) is 0.532. The van der Waals surface area contributed by atoms with Crippen molar-refractivity contribution in [1.29, 1.82) is 0 Å². The summed E-state index contributed by atoms with van der Waals surface area (Å²) >= 11 is 0. The third-order valence-electron chi connectivity index (χ3n) is 3.78. The lowest BCUT2D eigenvalue weighted by Crippen LogP contribution is -2.43. The summed E-state index contributed by atoms with van der Waals surface area (Å²) in [4.78, 5) is 11.7. The molecule has 1 fully saturated rings. The van der Waals surface area contributed by atoms with Gasteiger partial charge in [0, 0.05) is 18.9 Å². The van der Waals surface area contributed by atoms with Gasteiger partial charge in [0.25, 0.3) is 0 Å². The molecular weight excluding hydrogens is 190 g/mol. The summed E-state index contributed by atoms with van der Waals surface area (Å²) in [5.74, 6) is 0.150. The van der Waals surface area contributed by atoms with Crippen molar-refractivity contribution >= 4 is 5.91 Å². The van der Waals surface area contributed by atoms with Crippen LogP contribution in [0.5, 0.6) is 0 Å². The van der Waals surface area contributed by atoms with E-state index in [2.05, 4.69) is 0 Å². The van der Waals surface area contributed by atoms with Crippen molar-refractivity contribution < 1.29 is 9.28 Å². The smallest absolute Gasteiger partial charge is 0.312 e. The van der Waals surface area contributed by atoms with Gasteiger partial charge < -0.3 is 5.73 Å². The lowest BCUT2D eigenvalue weighted by atomic mass is 9.97. The lowest BCUT2D eigenvalue weighted by Gasteiger charge is -2.20. The van der Waals surface area contributed by atoms with Crippen LogP contribution in [-0.2, 0) is 4.79 Å². The second kappa shape index (κ2) is 3.27. The Morgan fingerprint density at radius 2 is 2.00 bits per heavy atom. The summed E-state index contributed by atoms with van der Waals surface area (Å²) in [6, 6.07) is 0.167. The molecule has 0 saturated carbocycles. The summed E-state index contributed by atoms with van der Waals surface area (Å²) in [7, 11) is 0. The molecule has 0 aromatic heterocycles. The molecule has 0 aromatic rings. The Hall–Kier alpha value is -0.450. The molecular formula is C11H24N3O+. The average Bonchev–Trinajstić information content (AvgIpc) is 2.45. The Kier molecular flexibility index (Phi) is 2.75. The van der Waals surface area contributed by atoms with Gasteiger partial charge in [-0.2, -0.15) is 0 Å². The number of amides is 1. The largest absolute Gasteiger partial charge is 0.325 e. The number of quaternary nitrogens is 1. The standard InChI is InChI=1S/C11H24N3O/c1-6-14(8(2)15)9(11(14,5)13)7-10(3,4)12/h9H,6-7,12-13H2,1-5H3/q+1. The third kappa shape index (κ3) is 1.71. The number of nitrogens with two attached hydrogens (primary N) is 2. The van der Waals surface area contributed by atoms with Crippen LogP contribution >= 0.6 is 0 Å². The van der Waals surface area contributed by atoms with E-state index in [0.717, 1.165) is 13.0 Å². The first-order valence-electron chi connectivity index (χ1n) is 5.56. The number of rotatable bonds is 3. The van der Waals surface area contributed by atoms with Crippen molar-refractivity contribution in [3.05, 3.63) is 0 Å². The van der Waals surface area contributed by atoms with Crippen LogP contribution in [0.15, 0.2) is 0 Å². The van der Waals surface area contributed by atoms with Gasteiger partial charge in [-0.1, -0.05) is 0 Å². The first-order valence-corrected chi connectivity index (χ1v) is 5.56. The number of likely N-dealkylation sites (N-methyl/N-ethyl adjacent to an activating group) is 1. The van der Waals surface area contributed by atoms with Crippen LogP contribution < -0.4 is 11.5 Å². The Balaban J connectivity index is 2.90. The topological polar surface area (TPSA) is 69.1 Å². The maximum Gasteiger partial charge on any atom is 0.312 e. The van der Waals surface area contributed by atoms with Gasteiger partial charge in [0.1, 0.15) is 0 Å². The van der Waals surface area contributed by atoms with Gasteiger partial charge in [-0.05, 0) is 20.8 Å². The molecule has 0 radical (unpaired) electrons. The molecule has 0 aliphatic carbocycles. The second-order valence-corrected chi connectivity index (χ2v) is 5.64. The third-order valence-corrected chi connectivity index (χ3v) is 3.78. The molecule has 4 N–H and O–H groups in total. The molecule has 1 aliphatic heterocycles. The number of carbonyl (C=O) groups is 1. The molecule has 1 amide bonds. The van der Waals surface area contributed by atoms with Crippen molar-refractivity contribution in [2.45, 2.75) is 58.3 Å². The highest BCUT2D eigenvalue weighted by atomic mass is 16.2. The molecule has 4 heteroatoms. The van der Waals surface area contributed by atoms with Crippen LogP contribution in [0.3, 0.4) is 0 Å². The zero-order chi connectivity index (χ0) is 12.1. The minimum Gasteiger partial charge on any atom is -0.325 e. The predicted molar refractivity (Wildman–Crippen MR) is 60.7 cm³/mol. The zero-order valence-electron chi connectivity index (χ0n) is 10.5. The Morgan fingerprint density at radius 3 is 2.20 bits per heavy atom. The first-order chi connectivity index (χ1) is 6.59. The van der Waals surface area contributed by atoms with E-state index in [9.17, 15) is 4.79 Å². The van der Waals surface area contributed by atoms with E-state index < -0.39 is 5.66 Å². The number of carbonyl (C=O) groups excluding carboxylic acids is 1. The summed E-state index contributed by atoms with van der Waals surface area (Å²) in [5, 5.41) is 0. The van der Waals surface area contributed by atoms with Crippen LogP contribution in [0.2, 0.25) is 0 Å². The van der Waals surface area contributed by atoms with Gasteiger partial charge in [0.2, 0.25) is 5.66 Å². The summed E-state index contributed by atoms with van der Waals surface area (Å²) < 4.78 is 0.383. The molecule has 1 heterocycles. The minimum atomic E-state index is -0.433. The number of hydrogen-bond acceptors (Lipinski definition) is 3. The molecule has 88 valence electrons. The van der Waals surface area contributed by atoms with Crippen LogP contribution in [0.25, 0.3) is 0 Å². The van der Waals surface area contributed by atoms with Gasteiger partial charge in [-0.25, -0.2) is 9.28 Å². The fourth-order valence-corrected chi connectivity index (χ4v) is 2.93. The van der Waals surface area contributed by atoms with Crippen LogP contribution in [-0.4, -0.2) is 34.2 Å². The summed E-state index contributed by atoms with van der Waals surface area (Å²) in [6.07, 6.45) is 0.785. The van der Waals surface area contributed by atoms with E-state index in [0.29, 0.717) is 4.48 Å². The Morgan fingerprint density at radius 1 is 1.53 bits per heavy atom. The molecule has 15 heavy (non-hydrogen) atoms. The van der Waals surface area contributed by atoms with Gasteiger partial charge >= 0.3 is 5.91 Å². The van der Waals surface area contributed by atoms with Gasteiger partial charge in [-0.3, -0.25) is 5.73 Å². The second-order valence-electron chi connectivity index (χ2n) is 5.64. The molecule has 1 saturated heterocycles. The summed E-state index contributed by atoms with van der Waals surface area (Å²) in [5.41, 5.74) is 11.5. The lowest BCUT2D eigenvalue weighted by molar-refractivity contribution is -0.760. The fourth-order valence-electron chi connectivity index (χ4n) is 2.93. The summed E-state index contributed by atoms with van der Waals surface area (Å²) in [6.45, 7) is 10.3. The van der Waals surface area contributed by atoms with Gasteiger partial charge in [0.05, 0.1) is 13.5 Å². The predicted octanol–water partition coefficient (Wildman–Crippen LogP) is 0.554. The average molecular weight is 214 g/mol. The zero-order valence-corrected chi connectivity index (χ0v) is 10.5. The fraction of sp³-hybridized carbons (Fsp3) is 0.909. The van der Waals surface area contributed by atoms with Crippen molar-refractivity contribution in [3.8, 4) is 0 Å². The maximum absolute atomic E-state index is 11.7. The van der Waals surface area contributed by atoms with Crippen LogP contribution in [0, 0.1) is 0 Å². The van der Waals surface area contributed by atoms with E-state index in [4.69, 9.17) is 11.5 Å². The maximum atomic E-state index is 11.7. The normalized spacial score (nSPS) is 40.3. The Bertz CT molecular complexity index is 280. The van der Waals surface area contributed by atoms with Crippen molar-refractivity contribution in [2.75, 3.05) is 6.54 Å². The van der Waals surface area contributed by atoms with Gasteiger partial charge in [-0.15, -0.1) is 0 Å². The number of nitrogens with zero attached hydrogens (tertiary/aromatic N) is 1. The number of hydrogen-bond donors (Lipinski definition) is 2. The van der Waals surface area contributed by atoms with E-state index in [1.54, 1.807) is 6.92 Å². The SMILES string of the molecule is CC[N+]1(C(C)=O)C(CC(C)(C)N)C1(C)N. The monoisotopic (exact) mass is 214 g/mol. The molecule has 3 atom stereocenters. The molecule has 3 unspecified atom stereocenters. The van der Waals surface area contributed by atoms with E-state index in [1.807, 2.05) is 27.7 Å². The van der Waals surface area contributed by atoms with Crippen LogP contribution in [0.4, 0.5) is 0 Å². The van der Waals surface area contributed by atoms with Gasteiger partial charge in [0.15, 0.2) is 6.04 Å². The highest BCUT2D eigenvalue weighted by molar-refractivity contribution is 5.68. The molecule has 4 nitrogen and oxygen atoms in total. The first kappa shape index (κ1) is 12.6. The highest BCUT2D eigenvalue weighted by Crippen LogP contribution is 2.49. The minimum absolute atomic E-state index is 0.150. The molecule has 1 rings (SSSR count). The van der Waals surface area contributed by atoms with E-state index in [1.165, 1.54) is 0 Å². The molecule has 0 aromatic carbocycles. The molecule has 0 spiro atoms. The highest BCUT2D eigenvalue weighted by Gasteiger charge is 2.76. The van der Waals surface area contributed by atoms with Crippen molar-refractivity contribution in [2.24, 2.45) is 11.5 Å². The molecule has 0 bridgehead atoms. The van der Waals surface area contributed by atoms with E-state index in [-0.39, 0.29) is 17.5 Å². The van der Waals surface area contributed by atoms with Crippen LogP contribution in [0.1, 0.15) is 41.0 Å².